The van der Waals surface area contributed by atoms with Crippen molar-refractivity contribution in [2.75, 3.05) is 31.6 Å². The van der Waals surface area contributed by atoms with Gasteiger partial charge in [0, 0.05) is 24.7 Å². The van der Waals surface area contributed by atoms with Crippen molar-refractivity contribution in [1.29, 1.82) is 0 Å². The number of nitrogens with zero attached hydrogens (tertiary/aromatic N) is 1. The second-order valence-electron chi connectivity index (χ2n) is 6.63. The summed E-state index contributed by atoms with van der Waals surface area (Å²) in [5.41, 5.74) is 0.347. The Morgan fingerprint density at radius 2 is 2.00 bits per heavy atom. The lowest BCUT2D eigenvalue weighted by atomic mass is 10.3. The predicted molar refractivity (Wildman–Crippen MR) is 107 cm³/mol. The zero-order chi connectivity index (χ0) is 19.9. The Labute approximate surface area is 168 Å². The van der Waals surface area contributed by atoms with Crippen molar-refractivity contribution in [2.24, 2.45) is 0 Å². The van der Waals surface area contributed by atoms with E-state index in [1.54, 1.807) is 36.4 Å². The van der Waals surface area contributed by atoms with Crippen LogP contribution in [0, 0.1) is 0 Å². The zero-order valence-electron chi connectivity index (χ0n) is 15.3. The highest BCUT2D eigenvalue weighted by atomic mass is 35.5. The zero-order valence-corrected chi connectivity index (χ0v) is 16.0. The van der Waals surface area contributed by atoms with E-state index in [4.69, 9.17) is 26.2 Å². The molecule has 28 heavy (non-hydrogen) atoms. The van der Waals surface area contributed by atoms with Gasteiger partial charge in [0.05, 0.1) is 5.69 Å². The van der Waals surface area contributed by atoms with Gasteiger partial charge in [-0.3, -0.25) is 10.2 Å². The number of benzene rings is 2. The van der Waals surface area contributed by atoms with E-state index in [0.717, 1.165) is 25.3 Å². The summed E-state index contributed by atoms with van der Waals surface area (Å²) in [6, 6.07) is 14.0. The highest BCUT2D eigenvalue weighted by molar-refractivity contribution is 6.30. The Hall–Kier alpha value is -2.48. The molecule has 3 N–H and O–H groups in total. The van der Waals surface area contributed by atoms with Gasteiger partial charge in [0.1, 0.15) is 30.3 Å². The molecular formula is C20H23ClN2O5. The molecule has 2 unspecified atom stereocenters. The first kappa shape index (κ1) is 20.3. The van der Waals surface area contributed by atoms with Gasteiger partial charge in [0.2, 0.25) is 0 Å². The molecule has 1 fully saturated rings. The molecule has 1 heterocycles. The van der Waals surface area contributed by atoms with Crippen molar-refractivity contribution in [1.82, 2.24) is 4.90 Å². The molecule has 1 aliphatic heterocycles. The van der Waals surface area contributed by atoms with Gasteiger partial charge in [-0.05, 0) is 42.8 Å². The number of carboxylic acid groups (broad SMARTS) is 1. The molecule has 2 aromatic rings. The number of carbonyl (C=O) groups is 1. The molecule has 150 valence electrons. The first-order chi connectivity index (χ1) is 13.5. The van der Waals surface area contributed by atoms with Crippen LogP contribution in [-0.4, -0.2) is 59.7 Å². The van der Waals surface area contributed by atoms with Gasteiger partial charge in [-0.2, -0.15) is 0 Å². The van der Waals surface area contributed by atoms with Gasteiger partial charge < -0.3 is 19.7 Å². The third-order valence-electron chi connectivity index (χ3n) is 4.37. The van der Waals surface area contributed by atoms with E-state index in [1.807, 2.05) is 12.1 Å². The standard InChI is InChI=1S/C20H23ClN2O5/c21-14-5-7-16(8-6-14)28-17-9-10-23(12-17)11-15(24)13-27-19-4-2-1-3-18(19)22-20(25)26/h1-8,15,17,22,24H,9-13H2,(H,25,26). The first-order valence-corrected chi connectivity index (χ1v) is 9.42. The minimum atomic E-state index is -1.17. The van der Waals surface area contributed by atoms with Crippen LogP contribution in [0.4, 0.5) is 10.5 Å². The lowest BCUT2D eigenvalue weighted by Gasteiger charge is -2.21. The first-order valence-electron chi connectivity index (χ1n) is 9.04. The Kier molecular flexibility index (Phi) is 6.97. The summed E-state index contributed by atoms with van der Waals surface area (Å²) in [4.78, 5) is 12.9. The molecule has 3 rings (SSSR count). The minimum Gasteiger partial charge on any atom is -0.489 e. The van der Waals surface area contributed by atoms with E-state index >= 15 is 0 Å². The highest BCUT2D eigenvalue weighted by Crippen LogP contribution is 2.24. The van der Waals surface area contributed by atoms with Crippen molar-refractivity contribution in [3.05, 3.63) is 53.6 Å². The molecule has 0 bridgehead atoms. The minimum absolute atomic E-state index is 0.0646. The molecule has 2 aromatic carbocycles. The average Bonchev–Trinajstić information content (AvgIpc) is 3.09. The monoisotopic (exact) mass is 406 g/mol. The summed E-state index contributed by atoms with van der Waals surface area (Å²) >= 11 is 5.88. The number of nitrogens with one attached hydrogen (secondary N) is 1. The lowest BCUT2D eigenvalue weighted by molar-refractivity contribution is 0.0722. The van der Waals surface area contributed by atoms with Crippen molar-refractivity contribution >= 4 is 23.4 Å². The topological polar surface area (TPSA) is 91.3 Å². The second kappa shape index (κ2) is 9.64. The van der Waals surface area contributed by atoms with Crippen molar-refractivity contribution in [3.8, 4) is 11.5 Å². The number of amides is 1. The molecule has 2 atom stereocenters. The van der Waals surface area contributed by atoms with E-state index in [1.165, 1.54) is 0 Å². The summed E-state index contributed by atoms with van der Waals surface area (Å²) in [5, 5.41) is 22.1. The van der Waals surface area contributed by atoms with Crippen molar-refractivity contribution in [3.63, 3.8) is 0 Å². The SMILES string of the molecule is O=C(O)Nc1ccccc1OCC(O)CN1CCC(Oc2ccc(Cl)cc2)C1. The Balaban J connectivity index is 1.44. The third-order valence-corrected chi connectivity index (χ3v) is 4.63. The molecule has 1 saturated heterocycles. The van der Waals surface area contributed by atoms with Crippen LogP contribution in [0.15, 0.2) is 48.5 Å². The number of rotatable bonds is 8. The number of hydrogen-bond donors (Lipinski definition) is 3. The Morgan fingerprint density at radius 3 is 2.75 bits per heavy atom. The fourth-order valence-corrected chi connectivity index (χ4v) is 3.24. The average molecular weight is 407 g/mol. The fraction of sp³-hybridized carbons (Fsp3) is 0.350. The van der Waals surface area contributed by atoms with Crippen LogP contribution in [0.5, 0.6) is 11.5 Å². The number of aliphatic hydroxyl groups excluding tert-OH is 1. The number of likely N-dealkylation sites (tertiary alicyclic amines) is 1. The summed E-state index contributed by atoms with van der Waals surface area (Å²) < 4.78 is 11.5. The van der Waals surface area contributed by atoms with Crippen LogP contribution < -0.4 is 14.8 Å². The van der Waals surface area contributed by atoms with Crippen LogP contribution in [0.2, 0.25) is 5.02 Å². The normalized spacial score (nSPS) is 17.9. The molecule has 1 aliphatic rings. The molecule has 7 nitrogen and oxygen atoms in total. The van der Waals surface area contributed by atoms with Gasteiger partial charge in [-0.25, -0.2) is 4.79 Å². The van der Waals surface area contributed by atoms with Gasteiger partial charge >= 0.3 is 6.09 Å². The van der Waals surface area contributed by atoms with Gasteiger partial charge in [0.15, 0.2) is 0 Å². The summed E-state index contributed by atoms with van der Waals surface area (Å²) in [5.74, 6) is 1.16. The van der Waals surface area contributed by atoms with Crippen LogP contribution in [0.3, 0.4) is 0 Å². The van der Waals surface area contributed by atoms with Gasteiger partial charge in [0.25, 0.3) is 0 Å². The Morgan fingerprint density at radius 1 is 1.25 bits per heavy atom. The van der Waals surface area contributed by atoms with Crippen molar-refractivity contribution < 1.29 is 24.5 Å². The molecule has 0 aliphatic carbocycles. The van der Waals surface area contributed by atoms with Gasteiger partial charge in [-0.1, -0.05) is 23.7 Å². The van der Waals surface area contributed by atoms with Crippen LogP contribution in [0.1, 0.15) is 6.42 Å². The molecule has 8 heteroatoms. The maximum Gasteiger partial charge on any atom is 0.409 e. The van der Waals surface area contributed by atoms with Crippen LogP contribution >= 0.6 is 11.6 Å². The van der Waals surface area contributed by atoms with E-state index in [-0.39, 0.29) is 12.7 Å². The van der Waals surface area contributed by atoms with E-state index in [9.17, 15) is 9.90 Å². The van der Waals surface area contributed by atoms with Crippen molar-refractivity contribution in [2.45, 2.75) is 18.6 Å². The quantitative estimate of drug-likeness (QED) is 0.623. The smallest absolute Gasteiger partial charge is 0.409 e. The molecule has 0 spiro atoms. The molecular weight excluding hydrogens is 384 g/mol. The number of halogens is 1. The molecule has 0 saturated carbocycles. The number of hydrogen-bond acceptors (Lipinski definition) is 5. The summed E-state index contributed by atoms with van der Waals surface area (Å²) in [6.07, 6.45) is -0.927. The van der Waals surface area contributed by atoms with E-state index < -0.39 is 12.2 Å². The Bertz CT molecular complexity index is 786. The lowest BCUT2D eigenvalue weighted by Crippen LogP contribution is -2.35. The number of ether oxygens (including phenoxy) is 2. The maximum atomic E-state index is 10.8. The van der Waals surface area contributed by atoms with E-state index in [2.05, 4.69) is 10.2 Å². The largest absolute Gasteiger partial charge is 0.489 e. The predicted octanol–water partition coefficient (Wildman–Crippen LogP) is 3.32. The fourth-order valence-electron chi connectivity index (χ4n) is 3.11. The summed E-state index contributed by atoms with van der Waals surface area (Å²) in [6.45, 7) is 2.07. The second-order valence-corrected chi connectivity index (χ2v) is 7.07. The molecule has 0 aromatic heterocycles. The van der Waals surface area contributed by atoms with Crippen LogP contribution in [-0.2, 0) is 0 Å². The van der Waals surface area contributed by atoms with E-state index in [0.29, 0.717) is 23.0 Å². The number of aliphatic hydroxyl groups is 1. The number of β-amino-alcohol motifs (C(OH)–C–C–N with tert-alkyl or cyclic N) is 1. The summed E-state index contributed by atoms with van der Waals surface area (Å²) in [7, 11) is 0. The molecule has 1 amide bonds. The third kappa shape index (κ3) is 6.02. The van der Waals surface area contributed by atoms with Crippen LogP contribution in [0.25, 0.3) is 0 Å². The maximum absolute atomic E-state index is 10.8. The number of para-hydroxylation sites is 2. The van der Waals surface area contributed by atoms with Gasteiger partial charge in [-0.15, -0.1) is 0 Å². The molecule has 0 radical (unpaired) electrons. The highest BCUT2D eigenvalue weighted by Gasteiger charge is 2.25. The number of anilines is 1.